The van der Waals surface area contributed by atoms with Gasteiger partial charge >= 0.3 is 0 Å². The maximum atomic E-state index is 11.7. The number of Topliss-reactive ketones (excluding diaryl/α,β-unsaturated/α-hetero) is 1. The minimum atomic E-state index is -0.397. The average Bonchev–Trinajstić information content (AvgIpc) is 2.41. The van der Waals surface area contributed by atoms with Crippen molar-refractivity contribution in [2.24, 2.45) is 0 Å². The number of aromatic amines is 1. The van der Waals surface area contributed by atoms with Gasteiger partial charge in [0.2, 0.25) is 0 Å². The number of carbonyl (C=O) groups excluding carboxylic acids is 1. The Morgan fingerprint density at radius 2 is 2.00 bits per heavy atom. The van der Waals surface area contributed by atoms with Gasteiger partial charge in [-0.2, -0.15) is 5.26 Å². The summed E-state index contributed by atoms with van der Waals surface area (Å²) in [6.45, 7) is 0. The van der Waals surface area contributed by atoms with Crippen molar-refractivity contribution in [1.29, 1.82) is 5.26 Å². The van der Waals surface area contributed by atoms with E-state index in [-0.39, 0.29) is 11.3 Å². The zero-order chi connectivity index (χ0) is 10.8. The summed E-state index contributed by atoms with van der Waals surface area (Å²) in [6, 6.07) is 1.88. The molecule has 0 saturated carbocycles. The fourth-order valence-electron chi connectivity index (χ4n) is 1.92. The summed E-state index contributed by atoms with van der Waals surface area (Å²) in [5.74, 6) is 0.0234. The largest absolute Gasteiger partial charge is 0.327 e. The molecule has 0 bridgehead atoms. The molecule has 0 aromatic carbocycles. The number of aromatic nitrogens is 1. The summed E-state index contributed by atoms with van der Waals surface area (Å²) >= 11 is 0. The third kappa shape index (κ3) is 1.57. The zero-order valence-corrected chi connectivity index (χ0v) is 8.17. The number of nitrogens with zero attached hydrogens (tertiary/aromatic N) is 1. The molecule has 0 spiro atoms. The van der Waals surface area contributed by atoms with Gasteiger partial charge in [-0.05, 0) is 24.8 Å². The molecule has 15 heavy (non-hydrogen) atoms. The summed E-state index contributed by atoms with van der Waals surface area (Å²) in [6.07, 6.45) is 4.27. The van der Waals surface area contributed by atoms with E-state index in [1.165, 1.54) is 6.20 Å². The third-order valence-electron chi connectivity index (χ3n) is 2.69. The molecule has 1 aromatic rings. The highest BCUT2D eigenvalue weighted by Gasteiger charge is 2.20. The normalized spacial score (nSPS) is 15.3. The Balaban J connectivity index is 2.70. The lowest BCUT2D eigenvalue weighted by molar-refractivity contribution is 0.0981. The number of pyridine rings is 1. The van der Waals surface area contributed by atoms with Gasteiger partial charge in [0.25, 0.3) is 5.56 Å². The van der Waals surface area contributed by atoms with Crippen molar-refractivity contribution >= 4 is 5.78 Å². The second-order valence-electron chi connectivity index (χ2n) is 3.63. The van der Waals surface area contributed by atoms with Gasteiger partial charge in [-0.1, -0.05) is 0 Å². The lowest BCUT2D eigenvalue weighted by atomic mass is 10.0. The Bertz CT molecular complexity index is 508. The van der Waals surface area contributed by atoms with Crippen LogP contribution < -0.4 is 5.56 Å². The SMILES string of the molecule is N#Cc1c2c(c[nH]c1=O)C(=O)CCCC2. The molecule has 1 heterocycles. The fourth-order valence-corrected chi connectivity index (χ4v) is 1.92. The maximum absolute atomic E-state index is 11.7. The Hall–Kier alpha value is -1.89. The predicted molar refractivity (Wildman–Crippen MR) is 53.7 cm³/mol. The number of rotatable bonds is 0. The van der Waals surface area contributed by atoms with Crippen LogP contribution in [0.1, 0.15) is 40.7 Å². The molecule has 1 aromatic heterocycles. The average molecular weight is 202 g/mol. The first-order chi connectivity index (χ1) is 7.24. The Morgan fingerprint density at radius 3 is 2.73 bits per heavy atom. The van der Waals surface area contributed by atoms with Crippen LogP contribution in [-0.2, 0) is 6.42 Å². The molecule has 0 unspecified atom stereocenters. The summed E-state index contributed by atoms with van der Waals surface area (Å²) in [7, 11) is 0. The summed E-state index contributed by atoms with van der Waals surface area (Å²) in [4.78, 5) is 25.4. The smallest absolute Gasteiger partial charge is 0.266 e. The minimum absolute atomic E-state index is 0.0234. The number of hydrogen-bond donors (Lipinski definition) is 1. The molecule has 0 radical (unpaired) electrons. The molecule has 76 valence electrons. The molecule has 2 rings (SSSR count). The highest BCUT2D eigenvalue weighted by Crippen LogP contribution is 2.20. The van der Waals surface area contributed by atoms with E-state index in [9.17, 15) is 9.59 Å². The van der Waals surface area contributed by atoms with E-state index in [1.54, 1.807) is 0 Å². The number of H-pyrrole nitrogens is 1. The maximum Gasteiger partial charge on any atom is 0.266 e. The van der Waals surface area contributed by atoms with E-state index >= 15 is 0 Å². The molecule has 4 heteroatoms. The van der Waals surface area contributed by atoms with Crippen LogP contribution in [0.25, 0.3) is 0 Å². The van der Waals surface area contributed by atoms with Gasteiger partial charge in [-0.15, -0.1) is 0 Å². The monoisotopic (exact) mass is 202 g/mol. The Morgan fingerprint density at radius 1 is 1.27 bits per heavy atom. The van der Waals surface area contributed by atoms with Gasteiger partial charge in [0.1, 0.15) is 11.6 Å². The molecule has 0 fully saturated rings. The lowest BCUT2D eigenvalue weighted by Crippen LogP contribution is -2.16. The first-order valence-corrected chi connectivity index (χ1v) is 4.92. The van der Waals surface area contributed by atoms with Crippen LogP contribution in [0.4, 0.5) is 0 Å². The van der Waals surface area contributed by atoms with Crippen LogP contribution in [0.5, 0.6) is 0 Å². The van der Waals surface area contributed by atoms with Crippen LogP contribution in [0.2, 0.25) is 0 Å². The van der Waals surface area contributed by atoms with Crippen molar-refractivity contribution in [2.75, 3.05) is 0 Å². The van der Waals surface area contributed by atoms with Crippen molar-refractivity contribution in [2.45, 2.75) is 25.7 Å². The minimum Gasteiger partial charge on any atom is -0.327 e. The van der Waals surface area contributed by atoms with E-state index in [2.05, 4.69) is 4.98 Å². The topological polar surface area (TPSA) is 73.7 Å². The van der Waals surface area contributed by atoms with Gasteiger partial charge in [-0.3, -0.25) is 9.59 Å². The predicted octanol–water partition coefficient (Wildman–Crippen LogP) is 1.16. The van der Waals surface area contributed by atoms with Crippen LogP contribution in [-0.4, -0.2) is 10.8 Å². The molecular formula is C11H10N2O2. The van der Waals surface area contributed by atoms with Gasteiger partial charge in [0.15, 0.2) is 5.78 Å². The number of nitrogens with one attached hydrogen (secondary N) is 1. The van der Waals surface area contributed by atoms with Crippen molar-refractivity contribution < 1.29 is 4.79 Å². The third-order valence-corrected chi connectivity index (χ3v) is 2.69. The van der Waals surface area contributed by atoms with Gasteiger partial charge in [0, 0.05) is 18.2 Å². The summed E-state index contributed by atoms with van der Waals surface area (Å²) < 4.78 is 0. The molecule has 0 aliphatic heterocycles. The Labute approximate surface area is 86.6 Å². The van der Waals surface area contributed by atoms with Crippen LogP contribution in [0.3, 0.4) is 0 Å². The zero-order valence-electron chi connectivity index (χ0n) is 8.17. The van der Waals surface area contributed by atoms with Crippen LogP contribution in [0.15, 0.2) is 11.0 Å². The molecular weight excluding hydrogens is 192 g/mol. The molecule has 4 nitrogen and oxygen atoms in total. The molecule has 1 N–H and O–H groups in total. The fraction of sp³-hybridized carbons (Fsp3) is 0.364. The number of ketones is 1. The van der Waals surface area contributed by atoms with Crippen molar-refractivity contribution in [3.05, 3.63) is 33.2 Å². The van der Waals surface area contributed by atoms with E-state index < -0.39 is 5.56 Å². The van der Waals surface area contributed by atoms with Crippen LogP contribution in [0, 0.1) is 11.3 Å². The van der Waals surface area contributed by atoms with Crippen molar-refractivity contribution in [3.8, 4) is 6.07 Å². The van der Waals surface area contributed by atoms with E-state index in [0.717, 1.165) is 12.8 Å². The van der Waals surface area contributed by atoms with Crippen molar-refractivity contribution in [1.82, 2.24) is 4.98 Å². The highest BCUT2D eigenvalue weighted by molar-refractivity contribution is 5.97. The summed E-state index contributed by atoms with van der Waals surface area (Å²) in [5, 5.41) is 8.87. The first-order valence-electron chi connectivity index (χ1n) is 4.92. The molecule has 0 amide bonds. The molecule has 1 aliphatic rings. The number of hydrogen-bond acceptors (Lipinski definition) is 3. The quantitative estimate of drug-likeness (QED) is 0.641. The number of fused-ring (bicyclic) bond motifs is 1. The van der Waals surface area contributed by atoms with Gasteiger partial charge in [0.05, 0.1) is 0 Å². The first kappa shape index (κ1) is 9.66. The van der Waals surface area contributed by atoms with Crippen LogP contribution >= 0.6 is 0 Å². The number of carbonyl (C=O) groups is 1. The molecule has 0 atom stereocenters. The Kier molecular flexibility index (Phi) is 2.38. The van der Waals surface area contributed by atoms with E-state index in [4.69, 9.17) is 5.26 Å². The molecule has 0 saturated heterocycles. The highest BCUT2D eigenvalue weighted by atomic mass is 16.1. The van der Waals surface area contributed by atoms with Gasteiger partial charge < -0.3 is 4.98 Å². The standard InChI is InChI=1S/C11H10N2O2/c12-5-8-7-3-1-2-4-10(14)9(7)6-13-11(8)15/h6H,1-4H2,(H,13,15). The van der Waals surface area contributed by atoms with E-state index in [0.29, 0.717) is 24.0 Å². The number of nitriles is 1. The van der Waals surface area contributed by atoms with Crippen molar-refractivity contribution in [3.63, 3.8) is 0 Å². The second-order valence-corrected chi connectivity index (χ2v) is 3.63. The van der Waals surface area contributed by atoms with E-state index in [1.807, 2.05) is 6.07 Å². The summed E-state index contributed by atoms with van der Waals surface area (Å²) in [5.41, 5.74) is 0.848. The molecule has 1 aliphatic carbocycles. The lowest BCUT2D eigenvalue weighted by Gasteiger charge is -2.04. The van der Waals surface area contributed by atoms with Gasteiger partial charge in [-0.25, -0.2) is 0 Å². The second kappa shape index (κ2) is 3.70.